The SMILES string of the molecule is CCCNc1ccc(C)cc1C(=O)Nc1nnn(C)n1. The van der Waals surface area contributed by atoms with Crippen LogP contribution in [0.5, 0.6) is 0 Å². The third-order valence-electron chi connectivity index (χ3n) is 2.72. The average Bonchev–Trinajstić information content (AvgIpc) is 2.82. The Morgan fingerprint density at radius 1 is 1.40 bits per heavy atom. The number of carbonyl (C=O) groups excluding carboxylic acids is 1. The first kappa shape index (κ1) is 14.0. The summed E-state index contributed by atoms with van der Waals surface area (Å²) < 4.78 is 0. The van der Waals surface area contributed by atoms with Crippen molar-refractivity contribution >= 4 is 17.5 Å². The van der Waals surface area contributed by atoms with Crippen LogP contribution >= 0.6 is 0 Å². The fourth-order valence-corrected chi connectivity index (χ4v) is 1.76. The second kappa shape index (κ2) is 6.14. The summed E-state index contributed by atoms with van der Waals surface area (Å²) >= 11 is 0. The Bertz CT molecular complexity index is 607. The smallest absolute Gasteiger partial charge is 0.270 e. The van der Waals surface area contributed by atoms with Crippen molar-refractivity contribution in [3.05, 3.63) is 29.3 Å². The highest BCUT2D eigenvalue weighted by molar-refractivity contribution is 6.07. The molecule has 2 rings (SSSR count). The summed E-state index contributed by atoms with van der Waals surface area (Å²) in [6.07, 6.45) is 0.987. The maximum atomic E-state index is 12.3. The van der Waals surface area contributed by atoms with Crippen LogP contribution in [0.4, 0.5) is 11.6 Å². The molecule has 0 fully saturated rings. The highest BCUT2D eigenvalue weighted by atomic mass is 16.1. The molecule has 0 bridgehead atoms. The molecule has 1 aromatic heterocycles. The number of nitrogens with one attached hydrogen (secondary N) is 2. The number of benzene rings is 1. The highest BCUT2D eigenvalue weighted by Gasteiger charge is 2.14. The fourth-order valence-electron chi connectivity index (χ4n) is 1.76. The molecule has 0 saturated heterocycles. The number of amides is 1. The van der Waals surface area contributed by atoms with Crippen molar-refractivity contribution in [1.29, 1.82) is 0 Å². The topological polar surface area (TPSA) is 84.7 Å². The van der Waals surface area contributed by atoms with Gasteiger partial charge in [-0.3, -0.25) is 10.1 Å². The van der Waals surface area contributed by atoms with Crippen LogP contribution in [-0.4, -0.2) is 32.7 Å². The molecule has 0 saturated carbocycles. The lowest BCUT2D eigenvalue weighted by atomic mass is 10.1. The monoisotopic (exact) mass is 274 g/mol. The third kappa shape index (κ3) is 3.31. The first-order valence-corrected chi connectivity index (χ1v) is 6.50. The lowest BCUT2D eigenvalue weighted by molar-refractivity contribution is 0.102. The quantitative estimate of drug-likeness (QED) is 0.865. The van der Waals surface area contributed by atoms with Crippen LogP contribution < -0.4 is 10.6 Å². The summed E-state index contributed by atoms with van der Waals surface area (Å²) in [4.78, 5) is 13.6. The molecule has 0 atom stereocenters. The van der Waals surface area contributed by atoms with Gasteiger partial charge in [0.1, 0.15) is 0 Å². The Kier molecular flexibility index (Phi) is 4.29. The van der Waals surface area contributed by atoms with Crippen molar-refractivity contribution in [3.63, 3.8) is 0 Å². The van der Waals surface area contributed by atoms with E-state index in [2.05, 4.69) is 33.0 Å². The van der Waals surface area contributed by atoms with Gasteiger partial charge in [0.15, 0.2) is 0 Å². The maximum Gasteiger partial charge on any atom is 0.270 e. The summed E-state index contributed by atoms with van der Waals surface area (Å²) in [5, 5.41) is 17.2. The Morgan fingerprint density at radius 3 is 2.85 bits per heavy atom. The molecule has 1 amide bonds. The van der Waals surface area contributed by atoms with Crippen LogP contribution in [0.2, 0.25) is 0 Å². The van der Waals surface area contributed by atoms with Gasteiger partial charge in [0.05, 0.1) is 12.6 Å². The fraction of sp³-hybridized carbons (Fsp3) is 0.385. The molecule has 20 heavy (non-hydrogen) atoms. The van der Waals surface area contributed by atoms with E-state index < -0.39 is 0 Å². The molecular weight excluding hydrogens is 256 g/mol. The van der Waals surface area contributed by atoms with Gasteiger partial charge >= 0.3 is 0 Å². The molecule has 0 unspecified atom stereocenters. The van der Waals surface area contributed by atoms with E-state index in [1.165, 1.54) is 4.80 Å². The molecule has 7 heteroatoms. The number of hydrogen-bond donors (Lipinski definition) is 2. The minimum atomic E-state index is -0.250. The molecule has 2 aromatic rings. The second-order valence-electron chi connectivity index (χ2n) is 4.53. The van der Waals surface area contributed by atoms with E-state index in [0.717, 1.165) is 24.2 Å². The molecular formula is C13H18N6O. The van der Waals surface area contributed by atoms with E-state index in [1.54, 1.807) is 7.05 Å². The highest BCUT2D eigenvalue weighted by Crippen LogP contribution is 2.18. The predicted molar refractivity (Wildman–Crippen MR) is 76.7 cm³/mol. The molecule has 0 aliphatic heterocycles. The van der Waals surface area contributed by atoms with Gasteiger partial charge in [-0.05, 0) is 30.7 Å². The molecule has 106 valence electrons. The number of hydrogen-bond acceptors (Lipinski definition) is 5. The van der Waals surface area contributed by atoms with Crippen LogP contribution in [0.3, 0.4) is 0 Å². The molecule has 0 radical (unpaired) electrons. The van der Waals surface area contributed by atoms with Crippen LogP contribution in [0.15, 0.2) is 18.2 Å². The van der Waals surface area contributed by atoms with Gasteiger partial charge in [-0.1, -0.05) is 23.7 Å². The Labute approximate surface area is 117 Å². The molecule has 2 N–H and O–H groups in total. The van der Waals surface area contributed by atoms with Gasteiger partial charge in [-0.25, -0.2) is 0 Å². The predicted octanol–water partition coefficient (Wildman–Crippen LogP) is 1.59. The molecule has 0 aliphatic rings. The van der Waals surface area contributed by atoms with Crippen LogP contribution in [-0.2, 0) is 7.05 Å². The van der Waals surface area contributed by atoms with E-state index in [9.17, 15) is 4.79 Å². The van der Waals surface area contributed by atoms with Crippen LogP contribution in [0.1, 0.15) is 29.3 Å². The normalized spacial score (nSPS) is 10.3. The zero-order valence-corrected chi connectivity index (χ0v) is 11.8. The first-order valence-electron chi connectivity index (χ1n) is 6.50. The maximum absolute atomic E-state index is 12.3. The minimum absolute atomic E-state index is 0.195. The summed E-state index contributed by atoms with van der Waals surface area (Å²) in [6.45, 7) is 4.83. The minimum Gasteiger partial charge on any atom is -0.384 e. The average molecular weight is 274 g/mol. The van der Waals surface area contributed by atoms with Gasteiger partial charge in [0, 0.05) is 12.2 Å². The van der Waals surface area contributed by atoms with Crippen LogP contribution in [0.25, 0.3) is 0 Å². The van der Waals surface area contributed by atoms with E-state index in [-0.39, 0.29) is 11.9 Å². The van der Waals surface area contributed by atoms with Crippen molar-refractivity contribution in [3.8, 4) is 0 Å². The first-order chi connectivity index (χ1) is 9.60. The number of aromatic nitrogens is 4. The lowest BCUT2D eigenvalue weighted by Crippen LogP contribution is -2.16. The van der Waals surface area contributed by atoms with Gasteiger partial charge < -0.3 is 5.32 Å². The van der Waals surface area contributed by atoms with Gasteiger partial charge in [-0.2, -0.15) is 4.80 Å². The van der Waals surface area contributed by atoms with Crippen molar-refractivity contribution in [2.45, 2.75) is 20.3 Å². The van der Waals surface area contributed by atoms with Gasteiger partial charge in [0.2, 0.25) is 0 Å². The number of aryl methyl sites for hydroxylation is 2. The molecule has 0 aliphatic carbocycles. The Balaban J connectivity index is 2.21. The van der Waals surface area contributed by atoms with Crippen molar-refractivity contribution < 1.29 is 4.79 Å². The van der Waals surface area contributed by atoms with Crippen molar-refractivity contribution in [2.75, 3.05) is 17.2 Å². The van der Waals surface area contributed by atoms with E-state index >= 15 is 0 Å². The third-order valence-corrected chi connectivity index (χ3v) is 2.72. The molecule has 7 nitrogen and oxygen atoms in total. The summed E-state index contributed by atoms with van der Waals surface area (Å²) in [5.41, 5.74) is 2.40. The number of rotatable bonds is 5. The number of nitrogens with zero attached hydrogens (tertiary/aromatic N) is 4. The van der Waals surface area contributed by atoms with E-state index in [4.69, 9.17) is 0 Å². The standard InChI is InChI=1S/C13H18N6O/c1-4-7-14-11-6-5-9(2)8-10(11)12(20)15-13-16-18-19(3)17-13/h5-6,8,14H,4,7H2,1-3H3,(H,15,17,20). The number of tetrazole rings is 1. The largest absolute Gasteiger partial charge is 0.384 e. The molecule has 0 spiro atoms. The zero-order chi connectivity index (χ0) is 14.5. The van der Waals surface area contributed by atoms with E-state index in [0.29, 0.717) is 5.56 Å². The van der Waals surface area contributed by atoms with Gasteiger partial charge in [0.25, 0.3) is 11.9 Å². The summed E-state index contributed by atoms with van der Waals surface area (Å²) in [5.74, 6) is -0.0549. The second-order valence-corrected chi connectivity index (χ2v) is 4.53. The Hall–Kier alpha value is -2.44. The van der Waals surface area contributed by atoms with Crippen molar-refractivity contribution in [1.82, 2.24) is 20.2 Å². The molecule has 1 aromatic carbocycles. The summed E-state index contributed by atoms with van der Waals surface area (Å²) in [6, 6.07) is 5.71. The summed E-state index contributed by atoms with van der Waals surface area (Å²) in [7, 11) is 1.64. The number of anilines is 2. The number of carbonyl (C=O) groups is 1. The van der Waals surface area contributed by atoms with Gasteiger partial charge in [-0.15, -0.1) is 5.10 Å². The molecule has 1 heterocycles. The zero-order valence-electron chi connectivity index (χ0n) is 11.8. The lowest BCUT2D eigenvalue weighted by Gasteiger charge is -2.11. The van der Waals surface area contributed by atoms with E-state index in [1.807, 2.05) is 25.1 Å². The Morgan fingerprint density at radius 2 is 2.20 bits per heavy atom. The van der Waals surface area contributed by atoms with Crippen molar-refractivity contribution in [2.24, 2.45) is 7.05 Å². The van der Waals surface area contributed by atoms with Crippen LogP contribution in [0, 0.1) is 6.92 Å².